The molecule has 0 spiro atoms. The molecule has 2 heterocycles. The minimum absolute atomic E-state index is 0.0388. The molecule has 0 saturated heterocycles. The van der Waals surface area contributed by atoms with E-state index in [0.717, 1.165) is 6.42 Å². The monoisotopic (exact) mass is 299 g/mol. The topological polar surface area (TPSA) is 121 Å². The SMILES string of the molecule is Cn1cnc(CNS(=O)(=O)c2cnn(CCCN)c2)n1. The zero-order valence-electron chi connectivity index (χ0n) is 11.1. The molecule has 2 rings (SSSR count). The van der Waals surface area contributed by atoms with E-state index < -0.39 is 10.0 Å². The first-order valence-corrected chi connectivity index (χ1v) is 7.56. The number of nitrogens with zero attached hydrogens (tertiary/aromatic N) is 5. The number of nitrogens with one attached hydrogen (secondary N) is 1. The van der Waals surface area contributed by atoms with Gasteiger partial charge in [0.1, 0.15) is 11.2 Å². The largest absolute Gasteiger partial charge is 0.330 e. The lowest BCUT2D eigenvalue weighted by atomic mass is 10.4. The van der Waals surface area contributed by atoms with Crippen LogP contribution in [-0.4, -0.2) is 39.5 Å². The second kappa shape index (κ2) is 6.11. The molecular weight excluding hydrogens is 282 g/mol. The second-order valence-corrected chi connectivity index (χ2v) is 6.01. The highest BCUT2D eigenvalue weighted by Crippen LogP contribution is 2.07. The highest BCUT2D eigenvalue weighted by molar-refractivity contribution is 7.89. The number of aryl methyl sites for hydroxylation is 2. The number of rotatable bonds is 7. The highest BCUT2D eigenvalue weighted by Gasteiger charge is 2.17. The first kappa shape index (κ1) is 14.6. The van der Waals surface area contributed by atoms with Crippen molar-refractivity contribution in [1.82, 2.24) is 29.3 Å². The van der Waals surface area contributed by atoms with Crippen LogP contribution in [0.3, 0.4) is 0 Å². The Bertz CT molecular complexity index is 661. The van der Waals surface area contributed by atoms with Crippen LogP contribution in [0.4, 0.5) is 0 Å². The number of sulfonamides is 1. The van der Waals surface area contributed by atoms with Crippen LogP contribution in [0, 0.1) is 0 Å². The van der Waals surface area contributed by atoms with Crippen molar-refractivity contribution in [1.29, 1.82) is 0 Å². The maximum absolute atomic E-state index is 12.0. The highest BCUT2D eigenvalue weighted by atomic mass is 32.2. The molecule has 0 fully saturated rings. The summed E-state index contributed by atoms with van der Waals surface area (Å²) in [6.07, 6.45) is 5.04. The summed E-state index contributed by atoms with van der Waals surface area (Å²) < 4.78 is 29.6. The van der Waals surface area contributed by atoms with Gasteiger partial charge in [-0.2, -0.15) is 10.2 Å². The predicted molar refractivity (Wildman–Crippen MR) is 70.9 cm³/mol. The van der Waals surface area contributed by atoms with Crippen LogP contribution in [0.5, 0.6) is 0 Å². The van der Waals surface area contributed by atoms with Crippen molar-refractivity contribution in [2.45, 2.75) is 24.4 Å². The molecule has 0 amide bonds. The molecule has 2 aromatic rings. The Hall–Kier alpha value is -1.78. The Labute approximate surface area is 116 Å². The van der Waals surface area contributed by atoms with Gasteiger partial charge in [-0.15, -0.1) is 0 Å². The molecule has 0 saturated carbocycles. The van der Waals surface area contributed by atoms with Gasteiger partial charge in [-0.3, -0.25) is 9.36 Å². The quantitative estimate of drug-likeness (QED) is 0.665. The molecule has 0 bridgehead atoms. The first-order valence-electron chi connectivity index (χ1n) is 6.08. The van der Waals surface area contributed by atoms with Crippen LogP contribution in [0.25, 0.3) is 0 Å². The lowest BCUT2D eigenvalue weighted by Crippen LogP contribution is -2.23. The standard InChI is InChI=1S/C10H17N7O2S/c1-16-8-12-10(15-16)6-14-20(18,19)9-5-13-17(7-9)4-2-3-11/h5,7-8,14H,2-4,6,11H2,1H3. The summed E-state index contributed by atoms with van der Waals surface area (Å²) in [6.45, 7) is 1.16. The van der Waals surface area contributed by atoms with Crippen LogP contribution >= 0.6 is 0 Å². The van der Waals surface area contributed by atoms with Crippen molar-refractivity contribution in [3.8, 4) is 0 Å². The van der Waals surface area contributed by atoms with E-state index >= 15 is 0 Å². The van der Waals surface area contributed by atoms with Crippen molar-refractivity contribution >= 4 is 10.0 Å². The van der Waals surface area contributed by atoms with Crippen LogP contribution in [-0.2, 0) is 30.2 Å². The molecule has 0 aliphatic heterocycles. The Morgan fingerprint density at radius 2 is 2.25 bits per heavy atom. The molecule has 2 aromatic heterocycles. The van der Waals surface area contributed by atoms with E-state index in [9.17, 15) is 8.42 Å². The summed E-state index contributed by atoms with van der Waals surface area (Å²) in [5.41, 5.74) is 5.40. The lowest BCUT2D eigenvalue weighted by Gasteiger charge is -2.01. The van der Waals surface area contributed by atoms with Crippen molar-refractivity contribution < 1.29 is 8.42 Å². The summed E-state index contributed by atoms with van der Waals surface area (Å²) in [5.74, 6) is 0.409. The summed E-state index contributed by atoms with van der Waals surface area (Å²) in [7, 11) is -1.89. The smallest absolute Gasteiger partial charge is 0.244 e. The zero-order chi connectivity index (χ0) is 14.6. The van der Waals surface area contributed by atoms with Gasteiger partial charge in [0.2, 0.25) is 10.0 Å². The number of hydrogen-bond donors (Lipinski definition) is 2. The third-order valence-electron chi connectivity index (χ3n) is 2.58. The van der Waals surface area contributed by atoms with Crippen molar-refractivity contribution in [2.75, 3.05) is 6.54 Å². The third-order valence-corrected chi connectivity index (χ3v) is 3.93. The van der Waals surface area contributed by atoms with Crippen LogP contribution in [0.2, 0.25) is 0 Å². The Kier molecular flexibility index (Phi) is 4.47. The summed E-state index contributed by atoms with van der Waals surface area (Å²) >= 11 is 0. The van der Waals surface area contributed by atoms with Crippen LogP contribution < -0.4 is 10.5 Å². The Balaban J connectivity index is 2.00. The number of hydrogen-bond acceptors (Lipinski definition) is 6. The average molecular weight is 299 g/mol. The fourth-order valence-corrected chi connectivity index (χ4v) is 2.50. The van der Waals surface area contributed by atoms with Gasteiger partial charge in [-0.25, -0.2) is 18.1 Å². The molecule has 9 nitrogen and oxygen atoms in total. The van der Waals surface area contributed by atoms with Crippen molar-refractivity contribution in [2.24, 2.45) is 12.8 Å². The van der Waals surface area contributed by atoms with E-state index in [-0.39, 0.29) is 11.4 Å². The molecule has 110 valence electrons. The fraction of sp³-hybridized carbons (Fsp3) is 0.500. The van der Waals surface area contributed by atoms with Gasteiger partial charge in [-0.05, 0) is 13.0 Å². The van der Waals surface area contributed by atoms with Gasteiger partial charge in [0, 0.05) is 19.8 Å². The number of aromatic nitrogens is 5. The Morgan fingerprint density at radius 3 is 2.90 bits per heavy atom. The molecular formula is C10H17N7O2S. The third kappa shape index (κ3) is 3.62. The van der Waals surface area contributed by atoms with Crippen molar-refractivity contribution in [3.05, 3.63) is 24.5 Å². The summed E-state index contributed by atoms with van der Waals surface area (Å²) in [6, 6.07) is 0. The van der Waals surface area contributed by atoms with Gasteiger partial charge in [0.25, 0.3) is 0 Å². The van der Waals surface area contributed by atoms with Crippen LogP contribution in [0.15, 0.2) is 23.6 Å². The normalized spacial score (nSPS) is 11.9. The van der Waals surface area contributed by atoms with E-state index in [1.807, 2.05) is 0 Å². The molecule has 3 N–H and O–H groups in total. The Morgan fingerprint density at radius 1 is 1.45 bits per heavy atom. The van der Waals surface area contributed by atoms with E-state index in [1.54, 1.807) is 11.7 Å². The molecule has 0 aliphatic carbocycles. The van der Waals surface area contributed by atoms with Gasteiger partial charge >= 0.3 is 0 Å². The van der Waals surface area contributed by atoms with E-state index in [1.165, 1.54) is 23.4 Å². The second-order valence-electron chi connectivity index (χ2n) is 4.24. The molecule has 0 unspecified atom stereocenters. The average Bonchev–Trinajstić information content (AvgIpc) is 3.03. The molecule has 0 atom stereocenters. The van der Waals surface area contributed by atoms with Gasteiger partial charge in [-0.1, -0.05) is 0 Å². The zero-order valence-corrected chi connectivity index (χ0v) is 11.9. The van der Waals surface area contributed by atoms with Crippen LogP contribution in [0.1, 0.15) is 12.2 Å². The molecule has 20 heavy (non-hydrogen) atoms. The van der Waals surface area contributed by atoms with E-state index in [2.05, 4.69) is 19.9 Å². The molecule has 0 aliphatic rings. The fourth-order valence-electron chi connectivity index (χ4n) is 1.57. The van der Waals surface area contributed by atoms with Gasteiger partial charge in [0.05, 0.1) is 12.7 Å². The summed E-state index contributed by atoms with van der Waals surface area (Å²) in [4.78, 5) is 4.06. The van der Waals surface area contributed by atoms with Gasteiger partial charge < -0.3 is 5.73 Å². The lowest BCUT2D eigenvalue weighted by molar-refractivity contribution is 0.574. The van der Waals surface area contributed by atoms with Gasteiger partial charge in [0.15, 0.2) is 5.82 Å². The minimum atomic E-state index is -3.61. The first-order chi connectivity index (χ1) is 9.51. The number of nitrogens with two attached hydrogens (primary N) is 1. The van der Waals surface area contributed by atoms with E-state index in [0.29, 0.717) is 18.9 Å². The van der Waals surface area contributed by atoms with E-state index in [4.69, 9.17) is 5.73 Å². The molecule has 0 aromatic carbocycles. The maximum atomic E-state index is 12.0. The summed E-state index contributed by atoms with van der Waals surface area (Å²) in [5, 5.41) is 7.98. The molecule has 0 radical (unpaired) electrons. The maximum Gasteiger partial charge on any atom is 0.244 e. The minimum Gasteiger partial charge on any atom is -0.330 e. The molecule has 10 heteroatoms. The van der Waals surface area contributed by atoms with Crippen molar-refractivity contribution in [3.63, 3.8) is 0 Å². The predicted octanol–water partition coefficient (Wildman–Crippen LogP) is -1.16.